The van der Waals surface area contributed by atoms with Crippen molar-refractivity contribution in [3.63, 3.8) is 0 Å². The second-order valence-corrected chi connectivity index (χ2v) is 17.8. The van der Waals surface area contributed by atoms with Crippen LogP contribution in [0.25, 0.3) is 0 Å². The van der Waals surface area contributed by atoms with Crippen LogP contribution < -0.4 is 4.74 Å². The van der Waals surface area contributed by atoms with E-state index in [1.165, 1.54) is 35.7 Å². The zero-order valence-electron chi connectivity index (χ0n) is 20.9. The van der Waals surface area contributed by atoms with Gasteiger partial charge in [0.05, 0.1) is 23.3 Å². The third-order valence-corrected chi connectivity index (χ3v) is 14.5. The van der Waals surface area contributed by atoms with Gasteiger partial charge in [0, 0.05) is 12.5 Å². The van der Waals surface area contributed by atoms with Gasteiger partial charge in [-0.15, -0.1) is 0 Å². The Kier molecular flexibility index (Phi) is 8.32. The van der Waals surface area contributed by atoms with E-state index in [2.05, 4.69) is 64.2 Å². The molecular formula is C27H35N3O2SSi. The molecule has 0 bridgehead atoms. The Balaban J connectivity index is 1.81. The summed E-state index contributed by atoms with van der Waals surface area (Å²) < 4.78 is 12.4. The Labute approximate surface area is 208 Å². The molecule has 0 saturated carbocycles. The lowest BCUT2D eigenvalue weighted by molar-refractivity contribution is 0.272. The minimum Gasteiger partial charge on any atom is -0.455 e. The van der Waals surface area contributed by atoms with Gasteiger partial charge in [0.1, 0.15) is 17.4 Å². The van der Waals surface area contributed by atoms with Gasteiger partial charge in [-0.1, -0.05) is 27.2 Å². The van der Waals surface area contributed by atoms with Crippen LogP contribution in [0.4, 0.5) is 0 Å². The lowest BCUT2D eigenvalue weighted by atomic mass is 9.93. The van der Waals surface area contributed by atoms with Gasteiger partial charge >= 0.3 is 0 Å². The zero-order valence-corrected chi connectivity index (χ0v) is 22.8. The van der Waals surface area contributed by atoms with Gasteiger partial charge in [0.25, 0.3) is 0 Å². The molecule has 0 N–H and O–H groups in total. The number of hydrogen-bond donors (Lipinski definition) is 1. The van der Waals surface area contributed by atoms with Crippen molar-refractivity contribution < 1.29 is 9.16 Å². The topological polar surface area (TPSA) is 89.8 Å². The maximum atomic E-state index is 9.95. The maximum absolute atomic E-state index is 9.95. The summed E-state index contributed by atoms with van der Waals surface area (Å²) in [6.07, 6.45) is 4.41. The Morgan fingerprint density at radius 2 is 1.56 bits per heavy atom. The average molecular weight is 494 g/mol. The third kappa shape index (κ3) is 5.58. The number of ether oxygens (including phenoxy) is 1. The van der Waals surface area contributed by atoms with Gasteiger partial charge in [-0.2, -0.15) is 15.8 Å². The molecule has 1 saturated heterocycles. The molecule has 0 aromatic heterocycles. The van der Waals surface area contributed by atoms with E-state index in [0.29, 0.717) is 29.9 Å². The maximum Gasteiger partial charge on any atom is 0.191 e. The molecule has 7 heteroatoms. The van der Waals surface area contributed by atoms with Gasteiger partial charge in [-0.05, 0) is 78.1 Å². The van der Waals surface area contributed by atoms with Crippen LogP contribution in [0, 0.1) is 39.9 Å². The van der Waals surface area contributed by atoms with Crippen molar-refractivity contribution in [1.82, 2.24) is 0 Å². The van der Waals surface area contributed by atoms with E-state index >= 15 is 0 Å². The molecular weight excluding hydrogens is 458 g/mol. The first kappa shape index (κ1) is 26.1. The Morgan fingerprint density at radius 3 is 2.09 bits per heavy atom. The number of nitriles is 3. The number of rotatable bonds is 7. The minimum atomic E-state index is -1.96. The van der Waals surface area contributed by atoms with Crippen molar-refractivity contribution in [3.05, 3.63) is 46.7 Å². The normalized spacial score (nSPS) is 20.1. The number of allylic oxidation sites excluding steroid dienone is 3. The van der Waals surface area contributed by atoms with E-state index in [-0.39, 0.29) is 27.3 Å². The van der Waals surface area contributed by atoms with Crippen molar-refractivity contribution in [1.29, 1.82) is 15.8 Å². The highest BCUT2D eigenvalue weighted by Gasteiger charge is 2.39. The van der Waals surface area contributed by atoms with Crippen molar-refractivity contribution in [2.75, 3.05) is 18.1 Å². The van der Waals surface area contributed by atoms with E-state index in [0.717, 1.165) is 0 Å². The highest BCUT2D eigenvalue weighted by atomic mass is 32.2. The first-order valence-corrected chi connectivity index (χ1v) is 16.6. The number of thiol groups is 1. The summed E-state index contributed by atoms with van der Waals surface area (Å²) in [5, 5.41) is 29.7. The molecule has 0 amide bonds. The predicted molar refractivity (Wildman–Crippen MR) is 140 cm³/mol. The van der Waals surface area contributed by atoms with E-state index in [1.807, 2.05) is 12.1 Å². The van der Waals surface area contributed by atoms with Gasteiger partial charge in [0.2, 0.25) is 0 Å². The molecule has 180 valence electrons. The second kappa shape index (κ2) is 10.8. The average Bonchev–Trinajstić information content (AvgIpc) is 3.10. The monoisotopic (exact) mass is 493 g/mol. The molecule has 1 heterocycles. The molecule has 1 aliphatic carbocycles. The summed E-state index contributed by atoms with van der Waals surface area (Å²) in [5.74, 6) is 2.89. The predicted octanol–water partition coefficient (Wildman–Crippen LogP) is 6.77. The molecule has 2 aliphatic rings. The number of hydrogen-bond acceptors (Lipinski definition) is 5. The summed E-state index contributed by atoms with van der Waals surface area (Å²) in [6, 6.07) is 14.6. The molecule has 0 radical (unpaired) electrons. The van der Waals surface area contributed by atoms with Crippen molar-refractivity contribution in [2.45, 2.75) is 69.5 Å². The highest BCUT2D eigenvalue weighted by molar-refractivity contribution is 8.17. The molecule has 3 rings (SSSR count). The van der Waals surface area contributed by atoms with Crippen molar-refractivity contribution in [2.24, 2.45) is 5.92 Å². The van der Waals surface area contributed by atoms with E-state index in [1.54, 1.807) is 0 Å². The second-order valence-electron chi connectivity index (χ2n) is 10.5. The standard InChI is InChI=1S/C27H35N3O2SSi/c1-27(2,3)34(4,5)31-14-13-22-23(17-28)25(19-30)26(24(22)18-29)32-20-9-11-21(12-10-20)33-15-7-6-8-16-33/h9-12,22,33H,6-8,13-16H2,1-5H3. The fourth-order valence-electron chi connectivity index (χ4n) is 4.15. The van der Waals surface area contributed by atoms with Crippen LogP contribution in [0.1, 0.15) is 46.5 Å². The SMILES string of the molecule is CC(C)(C)[Si](C)(C)OCCC1C(C#N)=C(C#N)C(Oc2ccc([SH]3CCCCC3)cc2)=C1C#N. The molecule has 1 fully saturated rings. The smallest absolute Gasteiger partial charge is 0.191 e. The van der Waals surface area contributed by atoms with Gasteiger partial charge < -0.3 is 9.16 Å². The third-order valence-electron chi connectivity index (χ3n) is 7.24. The van der Waals surface area contributed by atoms with Gasteiger partial charge in [0.15, 0.2) is 14.1 Å². The van der Waals surface area contributed by atoms with Crippen LogP contribution in [0.3, 0.4) is 0 Å². The first-order chi connectivity index (χ1) is 16.1. The van der Waals surface area contributed by atoms with Gasteiger partial charge in [-0.25, -0.2) is 10.9 Å². The highest BCUT2D eigenvalue weighted by Crippen LogP contribution is 2.43. The fourth-order valence-corrected chi connectivity index (χ4v) is 7.73. The minimum absolute atomic E-state index is 0.0711. The van der Waals surface area contributed by atoms with Crippen molar-refractivity contribution in [3.8, 4) is 24.0 Å². The summed E-state index contributed by atoms with van der Waals surface area (Å²) >= 11 is 0. The molecule has 1 aromatic rings. The molecule has 1 atom stereocenters. The Morgan fingerprint density at radius 1 is 0.941 bits per heavy atom. The zero-order chi connectivity index (χ0) is 24.9. The van der Waals surface area contributed by atoms with Crippen LogP contribution in [-0.4, -0.2) is 26.4 Å². The molecule has 0 spiro atoms. The Hall–Kier alpha value is -2.50. The molecule has 5 nitrogen and oxygen atoms in total. The molecule has 1 aliphatic heterocycles. The first-order valence-electron chi connectivity index (χ1n) is 12.0. The van der Waals surface area contributed by atoms with Crippen molar-refractivity contribution >= 4 is 19.2 Å². The van der Waals surface area contributed by atoms with E-state index in [9.17, 15) is 15.8 Å². The van der Waals surface area contributed by atoms with Crippen LogP contribution in [0.5, 0.6) is 5.75 Å². The number of nitrogens with zero attached hydrogens (tertiary/aromatic N) is 3. The lowest BCUT2D eigenvalue weighted by Gasteiger charge is -2.36. The Bertz CT molecular complexity index is 1090. The number of benzene rings is 1. The van der Waals surface area contributed by atoms with E-state index < -0.39 is 14.2 Å². The summed E-state index contributed by atoms with van der Waals surface area (Å²) in [4.78, 5) is 1.37. The summed E-state index contributed by atoms with van der Waals surface area (Å²) in [7, 11) is -2.05. The lowest BCUT2D eigenvalue weighted by Crippen LogP contribution is -2.41. The molecule has 34 heavy (non-hydrogen) atoms. The van der Waals surface area contributed by atoms with Crippen LogP contribution in [-0.2, 0) is 4.43 Å². The summed E-state index contributed by atoms with van der Waals surface area (Å²) in [6.45, 7) is 11.3. The van der Waals surface area contributed by atoms with Gasteiger partial charge in [-0.3, -0.25) is 0 Å². The van der Waals surface area contributed by atoms with Crippen LogP contribution in [0.15, 0.2) is 51.6 Å². The van der Waals surface area contributed by atoms with Crippen LogP contribution >= 0.6 is 10.9 Å². The quantitative estimate of drug-likeness (QED) is 0.334. The molecule has 1 unspecified atom stereocenters. The summed E-state index contributed by atoms with van der Waals surface area (Å²) in [5.41, 5.74) is 0.805. The molecule has 1 aromatic carbocycles. The van der Waals surface area contributed by atoms with E-state index in [4.69, 9.17) is 9.16 Å². The van der Waals surface area contributed by atoms with Crippen LogP contribution in [0.2, 0.25) is 18.1 Å². The fraction of sp³-hybridized carbons (Fsp3) is 0.519. The largest absolute Gasteiger partial charge is 0.455 e.